The van der Waals surface area contributed by atoms with Gasteiger partial charge in [-0.1, -0.05) is 43.1 Å². The molecule has 0 amide bonds. The van der Waals surface area contributed by atoms with Gasteiger partial charge in [0.2, 0.25) is 0 Å². The molecule has 0 aliphatic heterocycles. The summed E-state index contributed by atoms with van der Waals surface area (Å²) in [6.45, 7) is 4.18. The van der Waals surface area contributed by atoms with Gasteiger partial charge in [-0.05, 0) is 36.6 Å². The number of rotatable bonds is 6. The minimum absolute atomic E-state index is 0.217. The van der Waals surface area contributed by atoms with Crippen LogP contribution < -0.4 is 0 Å². The molecule has 2 heterocycles. The third-order valence-electron chi connectivity index (χ3n) is 4.49. The molecule has 1 aromatic carbocycles. The second kappa shape index (κ2) is 7.98. The lowest BCUT2D eigenvalue weighted by Gasteiger charge is -2.14. The highest BCUT2D eigenvalue weighted by molar-refractivity contribution is 6.30. The average Bonchev–Trinajstić information content (AvgIpc) is 3.04. The quantitative estimate of drug-likeness (QED) is 0.644. The van der Waals surface area contributed by atoms with E-state index in [0.29, 0.717) is 34.2 Å². The Labute approximate surface area is 156 Å². The molecule has 0 spiro atoms. The summed E-state index contributed by atoms with van der Waals surface area (Å²) >= 11 is 5.85. The lowest BCUT2D eigenvalue weighted by molar-refractivity contribution is 0.218. The molecule has 4 nitrogen and oxygen atoms in total. The number of nitrogens with zero attached hydrogens (tertiary/aromatic N) is 2. The Morgan fingerprint density at radius 2 is 2.12 bits per heavy atom. The number of aliphatic hydroxyl groups is 1. The van der Waals surface area contributed by atoms with Gasteiger partial charge in [-0.2, -0.15) is 0 Å². The van der Waals surface area contributed by atoms with Crippen LogP contribution in [-0.2, 0) is 6.42 Å². The topological polar surface area (TPSA) is 59.2 Å². The molecular weight excluding hydrogens is 355 g/mol. The predicted octanol–water partition coefficient (Wildman–Crippen LogP) is 5.20. The SMILES string of the molecule is CCC(C)Cc1noc(-c2ccc(Cl)cc2F)c1C(O)c1cccnc1. The lowest BCUT2D eigenvalue weighted by atomic mass is 9.93. The highest BCUT2D eigenvalue weighted by Gasteiger charge is 2.27. The van der Waals surface area contributed by atoms with E-state index in [1.54, 1.807) is 30.6 Å². The number of pyridine rings is 1. The number of hydrogen-bond donors (Lipinski definition) is 1. The van der Waals surface area contributed by atoms with E-state index in [0.717, 1.165) is 6.42 Å². The first-order chi connectivity index (χ1) is 12.5. The van der Waals surface area contributed by atoms with Crippen LogP contribution in [0.1, 0.15) is 43.2 Å². The van der Waals surface area contributed by atoms with Crippen LogP contribution in [0.25, 0.3) is 11.3 Å². The maximum atomic E-state index is 14.5. The van der Waals surface area contributed by atoms with Crippen LogP contribution >= 0.6 is 11.6 Å². The Bertz CT molecular complexity index is 883. The van der Waals surface area contributed by atoms with E-state index < -0.39 is 11.9 Å². The normalized spacial score (nSPS) is 13.6. The molecule has 0 aliphatic carbocycles. The van der Waals surface area contributed by atoms with Crippen LogP contribution in [0.15, 0.2) is 47.2 Å². The highest BCUT2D eigenvalue weighted by atomic mass is 35.5. The summed E-state index contributed by atoms with van der Waals surface area (Å²) in [5.74, 6) is 0.0417. The van der Waals surface area contributed by atoms with Crippen molar-refractivity contribution >= 4 is 11.6 Å². The zero-order valence-corrected chi connectivity index (χ0v) is 15.4. The van der Waals surface area contributed by atoms with Crippen LogP contribution in [0.2, 0.25) is 5.02 Å². The summed E-state index contributed by atoms with van der Waals surface area (Å²) in [6.07, 6.45) is 3.78. The van der Waals surface area contributed by atoms with Gasteiger partial charge in [0, 0.05) is 23.0 Å². The summed E-state index contributed by atoms with van der Waals surface area (Å²) < 4.78 is 19.9. The Morgan fingerprint density at radius 1 is 1.31 bits per heavy atom. The van der Waals surface area contributed by atoms with E-state index >= 15 is 0 Å². The highest BCUT2D eigenvalue weighted by Crippen LogP contribution is 2.37. The number of aliphatic hydroxyl groups excluding tert-OH is 1. The number of aromatic nitrogens is 2. The molecule has 2 unspecified atom stereocenters. The van der Waals surface area contributed by atoms with Gasteiger partial charge in [-0.25, -0.2) is 4.39 Å². The van der Waals surface area contributed by atoms with Crippen molar-refractivity contribution in [3.8, 4) is 11.3 Å². The van der Waals surface area contributed by atoms with Crippen molar-refractivity contribution < 1.29 is 14.0 Å². The molecule has 3 aromatic rings. The molecule has 0 aliphatic rings. The van der Waals surface area contributed by atoms with Gasteiger partial charge in [0.15, 0.2) is 5.76 Å². The monoisotopic (exact) mass is 374 g/mol. The smallest absolute Gasteiger partial charge is 0.176 e. The van der Waals surface area contributed by atoms with Crippen LogP contribution in [0.4, 0.5) is 4.39 Å². The van der Waals surface area contributed by atoms with Gasteiger partial charge < -0.3 is 9.63 Å². The molecule has 0 bridgehead atoms. The molecule has 2 aromatic heterocycles. The Morgan fingerprint density at radius 3 is 2.77 bits per heavy atom. The first-order valence-electron chi connectivity index (χ1n) is 8.53. The van der Waals surface area contributed by atoms with E-state index in [1.165, 1.54) is 12.1 Å². The van der Waals surface area contributed by atoms with Crippen LogP contribution in [0.5, 0.6) is 0 Å². The fraction of sp³-hybridized carbons (Fsp3) is 0.300. The van der Waals surface area contributed by atoms with Crippen LogP contribution in [0.3, 0.4) is 0 Å². The van der Waals surface area contributed by atoms with E-state index in [4.69, 9.17) is 16.1 Å². The van der Waals surface area contributed by atoms with Crippen molar-refractivity contribution in [1.82, 2.24) is 10.1 Å². The molecule has 3 rings (SSSR count). The summed E-state index contributed by atoms with van der Waals surface area (Å²) in [7, 11) is 0. The predicted molar refractivity (Wildman–Crippen MR) is 98.4 cm³/mol. The third-order valence-corrected chi connectivity index (χ3v) is 4.73. The van der Waals surface area contributed by atoms with Gasteiger partial charge in [-0.15, -0.1) is 0 Å². The second-order valence-corrected chi connectivity index (χ2v) is 6.84. The van der Waals surface area contributed by atoms with Crippen molar-refractivity contribution in [3.63, 3.8) is 0 Å². The van der Waals surface area contributed by atoms with Crippen molar-refractivity contribution in [1.29, 1.82) is 0 Å². The van der Waals surface area contributed by atoms with Crippen molar-refractivity contribution in [2.24, 2.45) is 5.92 Å². The average molecular weight is 375 g/mol. The molecule has 0 radical (unpaired) electrons. The van der Waals surface area contributed by atoms with Gasteiger partial charge in [-0.3, -0.25) is 4.98 Å². The fourth-order valence-corrected chi connectivity index (χ4v) is 2.96. The van der Waals surface area contributed by atoms with Gasteiger partial charge in [0.05, 0.1) is 16.8 Å². The summed E-state index contributed by atoms with van der Waals surface area (Å²) in [6, 6.07) is 7.83. The Kier molecular flexibility index (Phi) is 5.69. The maximum absolute atomic E-state index is 14.5. The molecule has 0 saturated carbocycles. The van der Waals surface area contributed by atoms with E-state index in [2.05, 4.69) is 24.0 Å². The molecular formula is C20H20ClFN2O2. The standard InChI is InChI=1S/C20H20ClFN2O2/c1-3-12(2)9-17-18(19(25)13-5-4-8-23-11-13)20(26-24-17)15-7-6-14(21)10-16(15)22/h4-8,10-12,19,25H,3,9H2,1-2H3. The largest absolute Gasteiger partial charge is 0.383 e. The van der Waals surface area contributed by atoms with Gasteiger partial charge >= 0.3 is 0 Å². The maximum Gasteiger partial charge on any atom is 0.176 e. The molecule has 0 saturated heterocycles. The first kappa shape index (κ1) is 18.5. The summed E-state index contributed by atoms with van der Waals surface area (Å²) in [4.78, 5) is 4.05. The minimum Gasteiger partial charge on any atom is -0.383 e. The summed E-state index contributed by atoms with van der Waals surface area (Å²) in [5.41, 5.74) is 1.91. The zero-order valence-electron chi connectivity index (χ0n) is 14.6. The van der Waals surface area contributed by atoms with Crippen molar-refractivity contribution in [2.75, 3.05) is 0 Å². The Balaban J connectivity index is 2.13. The van der Waals surface area contributed by atoms with Gasteiger partial charge in [0.25, 0.3) is 0 Å². The van der Waals surface area contributed by atoms with E-state index in [9.17, 15) is 9.50 Å². The minimum atomic E-state index is -1.01. The van der Waals surface area contributed by atoms with Gasteiger partial charge in [0.1, 0.15) is 11.9 Å². The van der Waals surface area contributed by atoms with Crippen LogP contribution in [-0.4, -0.2) is 15.2 Å². The first-order valence-corrected chi connectivity index (χ1v) is 8.90. The number of benzene rings is 1. The van der Waals surface area contributed by atoms with E-state index in [1.807, 2.05) is 0 Å². The summed E-state index contributed by atoms with van der Waals surface area (Å²) in [5, 5.41) is 15.4. The third kappa shape index (κ3) is 3.79. The van der Waals surface area contributed by atoms with Crippen molar-refractivity contribution in [2.45, 2.75) is 32.8 Å². The molecule has 1 N–H and O–H groups in total. The van der Waals surface area contributed by atoms with Crippen LogP contribution in [0, 0.1) is 11.7 Å². The molecule has 136 valence electrons. The molecule has 26 heavy (non-hydrogen) atoms. The number of hydrogen-bond acceptors (Lipinski definition) is 4. The Hall–Kier alpha value is -2.24. The lowest BCUT2D eigenvalue weighted by Crippen LogP contribution is -2.07. The molecule has 6 heteroatoms. The fourth-order valence-electron chi connectivity index (χ4n) is 2.81. The van der Waals surface area contributed by atoms with E-state index in [-0.39, 0.29) is 11.3 Å². The number of halogens is 2. The molecule has 0 fully saturated rings. The second-order valence-electron chi connectivity index (χ2n) is 6.40. The zero-order chi connectivity index (χ0) is 18.7. The van der Waals surface area contributed by atoms with Crippen molar-refractivity contribution in [3.05, 3.63) is 70.4 Å². The molecule has 2 atom stereocenters.